The number of hydrogen-bond acceptors (Lipinski definition) is 2. The molecule has 0 saturated carbocycles. The van der Waals surface area contributed by atoms with Crippen LogP contribution in [-0.4, -0.2) is 29.5 Å². The van der Waals surface area contributed by atoms with E-state index in [9.17, 15) is 4.39 Å². The van der Waals surface area contributed by atoms with E-state index >= 15 is 0 Å². The van der Waals surface area contributed by atoms with Crippen LogP contribution in [0.15, 0.2) is 41.3 Å². The summed E-state index contributed by atoms with van der Waals surface area (Å²) in [5.74, 6) is 0.367. The normalized spacial score (nSPS) is 28.1. The summed E-state index contributed by atoms with van der Waals surface area (Å²) in [6, 6.07) is 3.95. The molecular weight excluding hydrogens is 370 g/mol. The fourth-order valence-corrected chi connectivity index (χ4v) is 4.29. The van der Waals surface area contributed by atoms with Crippen molar-refractivity contribution in [3.8, 4) is 0 Å². The fraction of sp³-hybridized carbons (Fsp3) is 0.571. The highest BCUT2D eigenvalue weighted by atomic mass is 35.5. The van der Waals surface area contributed by atoms with Crippen molar-refractivity contribution in [2.75, 3.05) is 19.6 Å². The van der Waals surface area contributed by atoms with E-state index in [0.717, 1.165) is 44.6 Å². The third-order valence-corrected chi connectivity index (χ3v) is 6.07. The van der Waals surface area contributed by atoms with Crippen LogP contribution in [0.25, 0.3) is 0 Å². The SMILES string of the molecule is CC1(CN2CCCCC(Cc3ccc(Cl)cn3)CC2)C=C(F)C(Cl)=CC1. The molecule has 0 N–H and O–H groups in total. The van der Waals surface area contributed by atoms with Crippen LogP contribution in [0.5, 0.6) is 0 Å². The smallest absolute Gasteiger partial charge is 0.138 e. The molecule has 26 heavy (non-hydrogen) atoms. The second kappa shape index (κ2) is 8.86. The number of pyridine rings is 1. The standard InChI is InChI=1S/C21H27Cl2FN2/c1-21(9-7-19(23)20(24)13-21)15-26-10-3-2-4-16(8-11-26)12-18-6-5-17(22)14-25-18/h5-7,13-14,16H,2-4,8-12,15H2,1H3. The molecule has 0 aromatic carbocycles. The Balaban J connectivity index is 1.57. The molecule has 0 amide bonds. The maximum Gasteiger partial charge on any atom is 0.138 e. The summed E-state index contributed by atoms with van der Waals surface area (Å²) in [7, 11) is 0. The third-order valence-electron chi connectivity index (χ3n) is 5.51. The number of likely N-dealkylation sites (tertiary alicyclic amines) is 1. The second-order valence-corrected chi connectivity index (χ2v) is 8.84. The van der Waals surface area contributed by atoms with Crippen LogP contribution < -0.4 is 0 Å². The van der Waals surface area contributed by atoms with Crippen molar-refractivity contribution in [3.05, 3.63) is 52.1 Å². The summed E-state index contributed by atoms with van der Waals surface area (Å²) in [4.78, 5) is 6.95. The van der Waals surface area contributed by atoms with Gasteiger partial charge in [0.2, 0.25) is 0 Å². The van der Waals surface area contributed by atoms with Gasteiger partial charge in [-0.2, -0.15) is 0 Å². The molecule has 2 aliphatic rings. The zero-order valence-electron chi connectivity index (χ0n) is 15.4. The Morgan fingerprint density at radius 2 is 2.08 bits per heavy atom. The molecule has 5 heteroatoms. The highest BCUT2D eigenvalue weighted by Gasteiger charge is 2.29. The molecule has 1 aromatic rings. The molecule has 2 nitrogen and oxygen atoms in total. The molecule has 0 spiro atoms. The van der Waals surface area contributed by atoms with Gasteiger partial charge in [0.25, 0.3) is 0 Å². The molecule has 0 radical (unpaired) electrons. The Labute approximate surface area is 166 Å². The number of halogens is 3. The van der Waals surface area contributed by atoms with Crippen LogP contribution in [0.4, 0.5) is 4.39 Å². The van der Waals surface area contributed by atoms with Gasteiger partial charge in [-0.15, -0.1) is 0 Å². The number of nitrogens with zero attached hydrogens (tertiary/aromatic N) is 2. The van der Waals surface area contributed by atoms with E-state index in [1.165, 1.54) is 19.3 Å². The van der Waals surface area contributed by atoms with Crippen LogP contribution >= 0.6 is 23.2 Å². The summed E-state index contributed by atoms with van der Waals surface area (Å²) < 4.78 is 13.9. The molecule has 1 saturated heterocycles. The van der Waals surface area contributed by atoms with Crippen molar-refractivity contribution >= 4 is 23.2 Å². The van der Waals surface area contributed by atoms with Crippen molar-refractivity contribution in [1.29, 1.82) is 0 Å². The van der Waals surface area contributed by atoms with E-state index in [-0.39, 0.29) is 16.3 Å². The van der Waals surface area contributed by atoms with Crippen molar-refractivity contribution in [1.82, 2.24) is 9.88 Å². The van der Waals surface area contributed by atoms with Crippen LogP contribution in [0, 0.1) is 11.3 Å². The predicted molar refractivity (Wildman–Crippen MR) is 107 cm³/mol. The Kier molecular flexibility index (Phi) is 6.76. The summed E-state index contributed by atoms with van der Waals surface area (Å²) in [5, 5.41) is 0.943. The molecule has 142 valence electrons. The van der Waals surface area contributed by atoms with Gasteiger partial charge in [0.05, 0.1) is 10.1 Å². The van der Waals surface area contributed by atoms with Crippen LogP contribution in [0.3, 0.4) is 0 Å². The van der Waals surface area contributed by atoms with E-state index < -0.39 is 0 Å². The minimum Gasteiger partial charge on any atom is -0.302 e. The molecule has 2 heterocycles. The topological polar surface area (TPSA) is 16.1 Å². The Morgan fingerprint density at radius 3 is 2.81 bits per heavy atom. The zero-order chi connectivity index (χ0) is 18.6. The van der Waals surface area contributed by atoms with Gasteiger partial charge in [-0.25, -0.2) is 4.39 Å². The first kappa shape index (κ1) is 19.9. The van der Waals surface area contributed by atoms with Gasteiger partial charge in [0.1, 0.15) is 5.83 Å². The first-order valence-corrected chi connectivity index (χ1v) is 10.3. The lowest BCUT2D eigenvalue weighted by Gasteiger charge is -2.36. The van der Waals surface area contributed by atoms with Gasteiger partial charge >= 0.3 is 0 Å². The minimum absolute atomic E-state index is 0.172. The molecule has 2 unspecified atom stereocenters. The third kappa shape index (κ3) is 5.55. The Morgan fingerprint density at radius 1 is 1.23 bits per heavy atom. The largest absolute Gasteiger partial charge is 0.302 e. The number of rotatable bonds is 4. The van der Waals surface area contributed by atoms with E-state index in [4.69, 9.17) is 23.2 Å². The lowest BCUT2D eigenvalue weighted by molar-refractivity contribution is 0.166. The fourth-order valence-electron chi connectivity index (χ4n) is 4.05. The molecule has 1 aliphatic carbocycles. The van der Waals surface area contributed by atoms with Gasteiger partial charge < -0.3 is 4.90 Å². The van der Waals surface area contributed by atoms with Gasteiger partial charge in [-0.05, 0) is 69.3 Å². The second-order valence-electron chi connectivity index (χ2n) is 8.00. The lowest BCUT2D eigenvalue weighted by atomic mass is 9.82. The molecule has 2 atom stereocenters. The van der Waals surface area contributed by atoms with Crippen molar-refractivity contribution in [3.63, 3.8) is 0 Å². The highest BCUT2D eigenvalue weighted by Crippen LogP contribution is 2.36. The lowest BCUT2D eigenvalue weighted by Crippen LogP contribution is -2.38. The zero-order valence-corrected chi connectivity index (χ0v) is 16.9. The molecule has 1 aromatic heterocycles. The maximum absolute atomic E-state index is 13.9. The van der Waals surface area contributed by atoms with Crippen LogP contribution in [0.2, 0.25) is 5.02 Å². The number of allylic oxidation sites excluding steroid dienone is 3. The number of aromatic nitrogens is 1. The quantitative estimate of drug-likeness (QED) is 0.605. The van der Waals surface area contributed by atoms with Crippen LogP contribution in [-0.2, 0) is 6.42 Å². The maximum atomic E-state index is 13.9. The first-order chi connectivity index (χ1) is 12.4. The molecule has 3 rings (SSSR count). The van der Waals surface area contributed by atoms with Gasteiger partial charge in [-0.3, -0.25) is 4.98 Å². The Bertz CT molecular complexity index is 671. The van der Waals surface area contributed by atoms with E-state index in [0.29, 0.717) is 10.9 Å². The van der Waals surface area contributed by atoms with Gasteiger partial charge in [0, 0.05) is 23.9 Å². The average molecular weight is 397 g/mol. The summed E-state index contributed by atoms with van der Waals surface area (Å²) in [6.45, 7) is 5.16. The Hall–Kier alpha value is -0.900. The summed E-state index contributed by atoms with van der Waals surface area (Å²) in [6.07, 6.45) is 11.9. The highest BCUT2D eigenvalue weighted by molar-refractivity contribution is 6.31. The van der Waals surface area contributed by atoms with Gasteiger partial charge in [0.15, 0.2) is 0 Å². The van der Waals surface area contributed by atoms with E-state index in [1.807, 2.05) is 18.2 Å². The molecule has 0 bridgehead atoms. The number of hydrogen-bond donors (Lipinski definition) is 0. The summed E-state index contributed by atoms with van der Waals surface area (Å²) in [5.41, 5.74) is 0.949. The van der Waals surface area contributed by atoms with E-state index in [1.54, 1.807) is 12.3 Å². The van der Waals surface area contributed by atoms with E-state index in [2.05, 4.69) is 16.8 Å². The van der Waals surface area contributed by atoms with Gasteiger partial charge in [-0.1, -0.05) is 42.6 Å². The first-order valence-electron chi connectivity index (χ1n) is 9.51. The average Bonchev–Trinajstić information content (AvgIpc) is 2.59. The van der Waals surface area contributed by atoms with Crippen molar-refractivity contribution in [2.45, 2.75) is 45.4 Å². The molecule has 1 fully saturated rings. The molecular formula is C21H27Cl2FN2. The van der Waals surface area contributed by atoms with Crippen molar-refractivity contribution < 1.29 is 4.39 Å². The molecule has 1 aliphatic heterocycles. The van der Waals surface area contributed by atoms with Crippen molar-refractivity contribution in [2.24, 2.45) is 11.3 Å². The summed E-state index contributed by atoms with van der Waals surface area (Å²) >= 11 is 11.8. The van der Waals surface area contributed by atoms with Crippen LogP contribution in [0.1, 0.15) is 44.7 Å². The minimum atomic E-state index is -0.279. The predicted octanol–water partition coefficient (Wildman–Crippen LogP) is 6.16. The monoisotopic (exact) mass is 396 g/mol.